The monoisotopic (exact) mass is 246 g/mol. The van der Waals surface area contributed by atoms with E-state index in [1.165, 1.54) is 0 Å². The molecule has 0 heterocycles. The van der Waals surface area contributed by atoms with Gasteiger partial charge in [-0.15, -0.1) is 0 Å². The highest BCUT2D eigenvalue weighted by Gasteiger charge is 2.21. The number of thiol groups is 1. The Morgan fingerprint density at radius 2 is 1.50 bits per heavy atom. The van der Waals surface area contributed by atoms with Gasteiger partial charge < -0.3 is 10.6 Å². The van der Waals surface area contributed by atoms with Gasteiger partial charge in [0.25, 0.3) is 0 Å². The van der Waals surface area contributed by atoms with Crippen molar-refractivity contribution in [3.05, 3.63) is 0 Å². The lowest BCUT2D eigenvalue weighted by atomic mass is 9.91. The van der Waals surface area contributed by atoms with Crippen LogP contribution in [0, 0.1) is 5.41 Å². The summed E-state index contributed by atoms with van der Waals surface area (Å²) >= 11 is 3.74. The SMILES string of the molecule is CC(C)(C)C(=O)CNC(=O)CNC(=O)CS. The number of carbonyl (C=O) groups is 3. The van der Waals surface area contributed by atoms with Crippen LogP contribution in [0.25, 0.3) is 0 Å². The van der Waals surface area contributed by atoms with Crippen molar-refractivity contribution in [2.75, 3.05) is 18.8 Å². The highest BCUT2D eigenvalue weighted by molar-refractivity contribution is 7.81. The third kappa shape index (κ3) is 6.44. The zero-order chi connectivity index (χ0) is 12.8. The Bertz CT molecular complexity index is 284. The molecule has 0 aromatic carbocycles. The molecule has 0 saturated carbocycles. The number of hydrogen-bond acceptors (Lipinski definition) is 4. The highest BCUT2D eigenvalue weighted by atomic mass is 32.1. The third-order valence-electron chi connectivity index (χ3n) is 1.87. The van der Waals surface area contributed by atoms with E-state index in [0.29, 0.717) is 0 Å². The molecule has 2 N–H and O–H groups in total. The minimum atomic E-state index is -0.471. The molecule has 0 aromatic heterocycles. The zero-order valence-corrected chi connectivity index (χ0v) is 10.7. The Hall–Kier alpha value is -1.04. The van der Waals surface area contributed by atoms with Gasteiger partial charge in [-0.2, -0.15) is 12.6 Å². The van der Waals surface area contributed by atoms with Crippen molar-refractivity contribution < 1.29 is 14.4 Å². The number of nitrogens with one attached hydrogen (secondary N) is 2. The van der Waals surface area contributed by atoms with Gasteiger partial charge in [-0.3, -0.25) is 14.4 Å². The standard InChI is InChI=1S/C10H18N2O3S/c1-10(2,3)7(13)4-11-8(14)5-12-9(15)6-16/h16H,4-6H2,1-3H3,(H,11,14)(H,12,15). The lowest BCUT2D eigenvalue weighted by Crippen LogP contribution is -2.41. The molecule has 92 valence electrons. The minimum absolute atomic E-state index is 0.0148. The zero-order valence-electron chi connectivity index (χ0n) is 9.79. The molecule has 5 nitrogen and oxygen atoms in total. The molecule has 0 unspecified atom stereocenters. The van der Waals surface area contributed by atoms with Gasteiger partial charge in [-0.05, 0) is 0 Å². The lowest BCUT2D eigenvalue weighted by molar-refractivity contribution is -0.129. The summed E-state index contributed by atoms with van der Waals surface area (Å²) in [5.74, 6) is -0.719. The second-order valence-electron chi connectivity index (χ2n) is 4.38. The minimum Gasteiger partial charge on any atom is -0.347 e. The largest absolute Gasteiger partial charge is 0.347 e. The molecule has 0 atom stereocenters. The smallest absolute Gasteiger partial charge is 0.239 e. The van der Waals surface area contributed by atoms with Gasteiger partial charge in [0.1, 0.15) is 0 Å². The van der Waals surface area contributed by atoms with Crippen LogP contribution in [0.1, 0.15) is 20.8 Å². The quantitative estimate of drug-likeness (QED) is 0.586. The van der Waals surface area contributed by atoms with Crippen molar-refractivity contribution >= 4 is 30.2 Å². The van der Waals surface area contributed by atoms with E-state index in [2.05, 4.69) is 23.3 Å². The van der Waals surface area contributed by atoms with Crippen molar-refractivity contribution in [1.82, 2.24) is 10.6 Å². The van der Waals surface area contributed by atoms with Crippen molar-refractivity contribution in [2.45, 2.75) is 20.8 Å². The van der Waals surface area contributed by atoms with Gasteiger partial charge in [-0.1, -0.05) is 20.8 Å². The Kier molecular flexibility index (Phi) is 6.10. The summed E-state index contributed by atoms with van der Waals surface area (Å²) < 4.78 is 0. The molecule has 0 aliphatic carbocycles. The van der Waals surface area contributed by atoms with Crippen LogP contribution in [0.4, 0.5) is 0 Å². The summed E-state index contributed by atoms with van der Waals surface area (Å²) in [4.78, 5) is 33.4. The first kappa shape index (κ1) is 15.0. The van der Waals surface area contributed by atoms with Crippen LogP contribution in [-0.2, 0) is 14.4 Å². The first-order chi connectivity index (χ1) is 7.27. The van der Waals surface area contributed by atoms with Crippen LogP contribution < -0.4 is 10.6 Å². The van der Waals surface area contributed by atoms with E-state index in [4.69, 9.17) is 0 Å². The molecule has 6 heteroatoms. The molecule has 0 spiro atoms. The van der Waals surface area contributed by atoms with Gasteiger partial charge in [0, 0.05) is 5.41 Å². The van der Waals surface area contributed by atoms with Crippen LogP contribution in [0.5, 0.6) is 0 Å². The van der Waals surface area contributed by atoms with E-state index < -0.39 is 5.41 Å². The molecule has 0 aliphatic heterocycles. The molecule has 16 heavy (non-hydrogen) atoms. The van der Waals surface area contributed by atoms with Gasteiger partial charge in [0.05, 0.1) is 18.8 Å². The maximum absolute atomic E-state index is 11.4. The summed E-state index contributed by atoms with van der Waals surface area (Å²) in [6.07, 6.45) is 0. The van der Waals surface area contributed by atoms with Crippen molar-refractivity contribution in [2.24, 2.45) is 5.41 Å². The molecule has 0 aromatic rings. The van der Waals surface area contributed by atoms with Crippen LogP contribution >= 0.6 is 12.6 Å². The fourth-order valence-corrected chi connectivity index (χ4v) is 0.853. The first-order valence-electron chi connectivity index (χ1n) is 4.95. The topological polar surface area (TPSA) is 75.3 Å². The maximum atomic E-state index is 11.4. The Morgan fingerprint density at radius 1 is 1.00 bits per heavy atom. The molecule has 0 radical (unpaired) electrons. The summed E-state index contributed by atoms with van der Waals surface area (Å²) in [7, 11) is 0. The fraction of sp³-hybridized carbons (Fsp3) is 0.700. The predicted molar refractivity (Wildman–Crippen MR) is 64.3 cm³/mol. The molecular formula is C10H18N2O3S. The van der Waals surface area contributed by atoms with Crippen LogP contribution in [-0.4, -0.2) is 36.4 Å². The van der Waals surface area contributed by atoms with Crippen molar-refractivity contribution in [3.8, 4) is 0 Å². The van der Waals surface area contributed by atoms with Gasteiger partial charge in [-0.25, -0.2) is 0 Å². The second kappa shape index (κ2) is 6.52. The average molecular weight is 246 g/mol. The third-order valence-corrected chi connectivity index (χ3v) is 2.16. The molecule has 0 saturated heterocycles. The number of Topliss-reactive ketones (excluding diaryl/α,β-unsaturated/α-hetero) is 1. The van der Waals surface area contributed by atoms with E-state index in [9.17, 15) is 14.4 Å². The summed E-state index contributed by atoms with van der Waals surface area (Å²) in [6, 6.07) is 0. The average Bonchev–Trinajstić information content (AvgIpc) is 2.20. The molecule has 0 aliphatic rings. The Balaban J connectivity index is 3.83. The number of ketones is 1. The van der Waals surface area contributed by atoms with E-state index in [1.807, 2.05) is 0 Å². The fourth-order valence-electron chi connectivity index (χ4n) is 0.741. The molecular weight excluding hydrogens is 228 g/mol. The normalized spacial score (nSPS) is 10.8. The predicted octanol–water partition coefficient (Wildman–Crippen LogP) is -0.236. The highest BCUT2D eigenvalue weighted by Crippen LogP contribution is 2.13. The summed E-state index contributed by atoms with van der Waals surface area (Å²) in [5.41, 5.74) is -0.471. The molecule has 2 amide bonds. The number of rotatable bonds is 5. The second-order valence-corrected chi connectivity index (χ2v) is 4.70. The summed E-state index contributed by atoms with van der Waals surface area (Å²) in [6.45, 7) is 5.20. The van der Waals surface area contributed by atoms with E-state index >= 15 is 0 Å². The molecule has 0 rings (SSSR count). The van der Waals surface area contributed by atoms with Gasteiger partial charge >= 0.3 is 0 Å². The number of carbonyl (C=O) groups excluding carboxylic acids is 3. The van der Waals surface area contributed by atoms with Gasteiger partial charge in [0.2, 0.25) is 11.8 Å². The van der Waals surface area contributed by atoms with Crippen LogP contribution in [0.2, 0.25) is 0 Å². The van der Waals surface area contributed by atoms with E-state index in [0.717, 1.165) is 0 Å². The van der Waals surface area contributed by atoms with E-state index in [1.54, 1.807) is 20.8 Å². The summed E-state index contributed by atoms with van der Waals surface area (Å²) in [5, 5.41) is 4.80. The lowest BCUT2D eigenvalue weighted by Gasteiger charge is -2.16. The number of hydrogen-bond donors (Lipinski definition) is 3. The Labute approximate surface area is 101 Å². The molecule has 0 fully saturated rings. The van der Waals surface area contributed by atoms with Gasteiger partial charge in [0.15, 0.2) is 5.78 Å². The maximum Gasteiger partial charge on any atom is 0.239 e. The van der Waals surface area contributed by atoms with Crippen LogP contribution in [0.3, 0.4) is 0 Å². The van der Waals surface area contributed by atoms with E-state index in [-0.39, 0.29) is 36.4 Å². The molecule has 0 bridgehead atoms. The van der Waals surface area contributed by atoms with Crippen LogP contribution in [0.15, 0.2) is 0 Å². The first-order valence-corrected chi connectivity index (χ1v) is 5.58. The van der Waals surface area contributed by atoms with Crippen molar-refractivity contribution in [3.63, 3.8) is 0 Å². The number of amides is 2. The van der Waals surface area contributed by atoms with Crippen molar-refractivity contribution in [1.29, 1.82) is 0 Å². The Morgan fingerprint density at radius 3 is 1.94 bits per heavy atom.